The lowest BCUT2D eigenvalue weighted by atomic mass is 9.99. The third-order valence-electron chi connectivity index (χ3n) is 4.60. The molecule has 138 valence electrons. The molecule has 0 spiro atoms. The van der Waals surface area contributed by atoms with Gasteiger partial charge < -0.3 is 15.0 Å². The number of nitrogens with one attached hydrogen (secondary N) is 1. The molecule has 0 atom stereocenters. The van der Waals surface area contributed by atoms with Crippen molar-refractivity contribution in [3.8, 4) is 0 Å². The number of hydrogen-bond donors (Lipinski definition) is 1. The van der Waals surface area contributed by atoms with Crippen molar-refractivity contribution in [2.75, 3.05) is 29.9 Å². The van der Waals surface area contributed by atoms with Crippen molar-refractivity contribution in [1.82, 2.24) is 9.97 Å². The highest BCUT2D eigenvalue weighted by atomic mass is 16.5. The van der Waals surface area contributed by atoms with Gasteiger partial charge in [0.05, 0.1) is 12.2 Å². The molecule has 1 fully saturated rings. The Balaban J connectivity index is 1.72. The summed E-state index contributed by atoms with van der Waals surface area (Å²) in [7, 11) is 0. The Labute approximate surface area is 154 Å². The van der Waals surface area contributed by atoms with Crippen molar-refractivity contribution < 1.29 is 9.53 Å². The minimum absolute atomic E-state index is 0.307. The van der Waals surface area contributed by atoms with Crippen LogP contribution in [0.15, 0.2) is 30.3 Å². The molecular formula is C20H26N4O2. The number of ether oxygens (including phenoxy) is 1. The van der Waals surface area contributed by atoms with E-state index in [-0.39, 0.29) is 5.97 Å². The smallest absolute Gasteiger partial charge is 0.338 e. The number of carbonyl (C=O) groups is 1. The number of anilines is 3. The van der Waals surface area contributed by atoms with Gasteiger partial charge in [0, 0.05) is 24.8 Å². The van der Waals surface area contributed by atoms with Crippen LogP contribution in [0.5, 0.6) is 0 Å². The summed E-state index contributed by atoms with van der Waals surface area (Å²) in [4.78, 5) is 23.1. The van der Waals surface area contributed by atoms with Gasteiger partial charge in [0.1, 0.15) is 17.5 Å². The Morgan fingerprint density at radius 3 is 2.58 bits per heavy atom. The Morgan fingerprint density at radius 1 is 1.23 bits per heavy atom. The molecule has 0 aliphatic carbocycles. The Morgan fingerprint density at radius 2 is 1.92 bits per heavy atom. The third-order valence-corrected chi connectivity index (χ3v) is 4.60. The lowest BCUT2D eigenvalue weighted by Gasteiger charge is -2.31. The minimum atomic E-state index is -0.307. The summed E-state index contributed by atoms with van der Waals surface area (Å²) < 4.78 is 5.01. The van der Waals surface area contributed by atoms with Gasteiger partial charge in [-0.1, -0.05) is 6.92 Å². The molecule has 1 aliphatic heterocycles. The Hall–Kier alpha value is -2.63. The third kappa shape index (κ3) is 4.50. The van der Waals surface area contributed by atoms with E-state index in [1.807, 2.05) is 25.1 Å². The van der Waals surface area contributed by atoms with Crippen LogP contribution < -0.4 is 10.2 Å². The van der Waals surface area contributed by atoms with Gasteiger partial charge in [-0.2, -0.15) is 0 Å². The molecule has 1 saturated heterocycles. The highest BCUT2D eigenvalue weighted by Crippen LogP contribution is 2.24. The summed E-state index contributed by atoms with van der Waals surface area (Å²) in [6, 6.07) is 9.20. The van der Waals surface area contributed by atoms with E-state index in [0.717, 1.165) is 42.2 Å². The van der Waals surface area contributed by atoms with Crippen molar-refractivity contribution >= 4 is 23.3 Å². The second kappa shape index (κ2) is 8.17. The van der Waals surface area contributed by atoms with Gasteiger partial charge in [0.25, 0.3) is 0 Å². The van der Waals surface area contributed by atoms with Crippen LogP contribution in [-0.4, -0.2) is 35.6 Å². The zero-order chi connectivity index (χ0) is 18.5. The van der Waals surface area contributed by atoms with Crippen LogP contribution in [0.2, 0.25) is 0 Å². The molecule has 0 saturated carbocycles. The molecule has 6 heteroatoms. The monoisotopic (exact) mass is 354 g/mol. The minimum Gasteiger partial charge on any atom is -0.462 e. The van der Waals surface area contributed by atoms with Gasteiger partial charge in [0.15, 0.2) is 0 Å². The lowest BCUT2D eigenvalue weighted by molar-refractivity contribution is 0.0526. The van der Waals surface area contributed by atoms with E-state index in [4.69, 9.17) is 4.74 Å². The number of carbonyl (C=O) groups excluding carboxylic acids is 1. The van der Waals surface area contributed by atoms with Crippen LogP contribution in [0.4, 0.5) is 17.3 Å². The van der Waals surface area contributed by atoms with Crippen LogP contribution in [0.1, 0.15) is 42.9 Å². The van der Waals surface area contributed by atoms with Crippen molar-refractivity contribution in [3.05, 3.63) is 41.7 Å². The van der Waals surface area contributed by atoms with E-state index in [0.29, 0.717) is 12.2 Å². The number of hydrogen-bond acceptors (Lipinski definition) is 6. The molecule has 1 aromatic carbocycles. The molecule has 0 radical (unpaired) electrons. The SMILES string of the molecule is CCOC(=O)c1ccc(Nc2cc(N3CCC(C)CC3)nc(C)n2)cc1. The van der Waals surface area contributed by atoms with Crippen LogP contribution >= 0.6 is 0 Å². The fraction of sp³-hybridized carbons (Fsp3) is 0.450. The first kappa shape index (κ1) is 18.2. The standard InChI is InChI=1S/C20H26N4O2/c1-4-26-20(25)16-5-7-17(8-6-16)23-18-13-19(22-15(3)21-18)24-11-9-14(2)10-12-24/h5-8,13-14H,4,9-12H2,1-3H3,(H,21,22,23). The molecular weight excluding hydrogens is 328 g/mol. The first-order valence-electron chi connectivity index (χ1n) is 9.20. The number of aryl methyl sites for hydroxylation is 1. The van der Waals surface area contributed by atoms with Gasteiger partial charge in [-0.15, -0.1) is 0 Å². The number of rotatable bonds is 5. The summed E-state index contributed by atoms with van der Waals surface area (Å²) in [5.74, 6) is 2.94. The number of aromatic nitrogens is 2. The molecule has 1 aliphatic rings. The molecule has 6 nitrogen and oxygen atoms in total. The van der Waals surface area contributed by atoms with E-state index in [9.17, 15) is 4.79 Å². The summed E-state index contributed by atoms with van der Waals surface area (Å²) >= 11 is 0. The van der Waals surface area contributed by atoms with Crippen molar-refractivity contribution in [1.29, 1.82) is 0 Å². The van der Waals surface area contributed by atoms with Gasteiger partial charge >= 0.3 is 5.97 Å². The first-order valence-corrected chi connectivity index (χ1v) is 9.20. The number of benzene rings is 1. The maximum absolute atomic E-state index is 11.7. The van der Waals surface area contributed by atoms with E-state index in [1.165, 1.54) is 12.8 Å². The average Bonchev–Trinajstić information content (AvgIpc) is 2.62. The van der Waals surface area contributed by atoms with Crippen molar-refractivity contribution in [2.45, 2.75) is 33.6 Å². The summed E-state index contributed by atoms with van der Waals surface area (Å²) in [6.45, 7) is 8.44. The normalized spacial score (nSPS) is 15.0. The molecule has 3 rings (SSSR count). The van der Waals surface area contributed by atoms with Crippen molar-refractivity contribution in [3.63, 3.8) is 0 Å². The van der Waals surface area contributed by atoms with Crippen LogP contribution in [0.25, 0.3) is 0 Å². The molecule has 2 aromatic rings. The fourth-order valence-electron chi connectivity index (χ4n) is 3.07. The average molecular weight is 354 g/mol. The summed E-state index contributed by atoms with van der Waals surface area (Å²) in [5, 5.41) is 3.30. The van der Waals surface area contributed by atoms with Crippen molar-refractivity contribution in [2.24, 2.45) is 5.92 Å². The first-order chi connectivity index (χ1) is 12.5. The maximum atomic E-state index is 11.7. The van der Waals surface area contributed by atoms with Gasteiger partial charge in [0.2, 0.25) is 0 Å². The Kier molecular flexibility index (Phi) is 5.71. The molecule has 0 unspecified atom stereocenters. The van der Waals surface area contributed by atoms with Crippen LogP contribution in [0.3, 0.4) is 0 Å². The number of nitrogens with zero attached hydrogens (tertiary/aromatic N) is 3. The van der Waals surface area contributed by atoms with Gasteiger partial charge in [-0.05, 0) is 56.9 Å². The van der Waals surface area contributed by atoms with E-state index in [1.54, 1.807) is 19.1 Å². The number of esters is 1. The van der Waals surface area contributed by atoms with Gasteiger partial charge in [-0.25, -0.2) is 14.8 Å². The Bertz CT molecular complexity index is 753. The van der Waals surface area contributed by atoms with Gasteiger partial charge in [-0.3, -0.25) is 0 Å². The molecule has 0 bridgehead atoms. The van der Waals surface area contributed by atoms with E-state index >= 15 is 0 Å². The quantitative estimate of drug-likeness (QED) is 0.820. The zero-order valence-corrected chi connectivity index (χ0v) is 15.7. The molecule has 1 N–H and O–H groups in total. The van der Waals surface area contributed by atoms with E-state index < -0.39 is 0 Å². The zero-order valence-electron chi connectivity index (χ0n) is 15.7. The largest absolute Gasteiger partial charge is 0.462 e. The lowest BCUT2D eigenvalue weighted by Crippen LogP contribution is -2.33. The molecule has 0 amide bonds. The van der Waals surface area contributed by atoms with Crippen LogP contribution in [0, 0.1) is 12.8 Å². The van der Waals surface area contributed by atoms with Crippen LogP contribution in [-0.2, 0) is 4.74 Å². The molecule has 26 heavy (non-hydrogen) atoms. The maximum Gasteiger partial charge on any atom is 0.338 e. The molecule has 1 aromatic heterocycles. The second-order valence-corrected chi connectivity index (χ2v) is 6.75. The predicted octanol–water partition coefficient (Wildman–Crippen LogP) is 3.94. The topological polar surface area (TPSA) is 67.3 Å². The molecule has 2 heterocycles. The van der Waals surface area contributed by atoms with E-state index in [2.05, 4.69) is 27.1 Å². The summed E-state index contributed by atoms with van der Waals surface area (Å²) in [5.41, 5.74) is 1.41. The number of piperidine rings is 1. The second-order valence-electron chi connectivity index (χ2n) is 6.75. The predicted molar refractivity (Wildman–Crippen MR) is 103 cm³/mol. The summed E-state index contributed by atoms with van der Waals surface area (Å²) in [6.07, 6.45) is 2.39. The fourth-order valence-corrected chi connectivity index (χ4v) is 3.07. The highest BCUT2D eigenvalue weighted by Gasteiger charge is 2.18. The highest BCUT2D eigenvalue weighted by molar-refractivity contribution is 5.89.